The molecule has 1 amide bonds. The average Bonchev–Trinajstić information content (AvgIpc) is 3.32. The van der Waals surface area contributed by atoms with E-state index in [-0.39, 0.29) is 18.2 Å². The molecule has 2 aromatic heterocycles. The van der Waals surface area contributed by atoms with E-state index in [0.717, 1.165) is 27.0 Å². The van der Waals surface area contributed by atoms with E-state index < -0.39 is 0 Å². The van der Waals surface area contributed by atoms with Gasteiger partial charge >= 0.3 is 0 Å². The summed E-state index contributed by atoms with van der Waals surface area (Å²) in [5.41, 5.74) is 5.18. The summed E-state index contributed by atoms with van der Waals surface area (Å²) < 4.78 is 14.1. The molecule has 170 valence electrons. The number of benzene rings is 2. The van der Waals surface area contributed by atoms with Gasteiger partial charge in [0, 0.05) is 16.2 Å². The van der Waals surface area contributed by atoms with Crippen LogP contribution >= 0.6 is 15.9 Å². The smallest absolute Gasteiger partial charge is 0.279 e. The van der Waals surface area contributed by atoms with E-state index in [1.54, 1.807) is 6.92 Å². The number of hydrogen-bond acceptors (Lipinski definition) is 5. The molecule has 0 unspecified atom stereocenters. The Bertz CT molecular complexity index is 1290. The molecule has 0 bridgehead atoms. The molecule has 4 aromatic rings. The van der Waals surface area contributed by atoms with Crippen molar-refractivity contribution in [3.05, 3.63) is 92.4 Å². The van der Waals surface area contributed by atoms with Crippen LogP contribution in [0.25, 0.3) is 0 Å². The number of carbonyl (C=O) groups excluding carboxylic acids is 1. The summed E-state index contributed by atoms with van der Waals surface area (Å²) in [7, 11) is 0. The molecular weight excluding hydrogens is 484 g/mol. The number of anilines is 1. The lowest BCUT2D eigenvalue weighted by Gasteiger charge is -2.08. The van der Waals surface area contributed by atoms with E-state index in [2.05, 4.69) is 31.5 Å². The molecule has 2 aromatic carbocycles. The quantitative estimate of drug-likeness (QED) is 0.343. The maximum atomic E-state index is 12.9. The van der Waals surface area contributed by atoms with Gasteiger partial charge in [0.1, 0.15) is 18.1 Å². The van der Waals surface area contributed by atoms with Crippen LogP contribution in [0.15, 0.2) is 57.5 Å². The molecule has 0 saturated heterocycles. The summed E-state index contributed by atoms with van der Waals surface area (Å²) in [6.45, 7) is 8.58. The topological polar surface area (TPSA) is 82.2 Å². The second-order valence-corrected chi connectivity index (χ2v) is 8.93. The van der Waals surface area contributed by atoms with Crippen LogP contribution in [0.1, 0.15) is 44.2 Å². The van der Waals surface area contributed by atoms with Gasteiger partial charge in [-0.3, -0.25) is 9.48 Å². The first-order valence-electron chi connectivity index (χ1n) is 10.6. The summed E-state index contributed by atoms with van der Waals surface area (Å²) in [4.78, 5) is 12.9. The van der Waals surface area contributed by atoms with Crippen LogP contribution in [0.3, 0.4) is 0 Å². The fraction of sp³-hybridized carbons (Fsp3) is 0.240. The van der Waals surface area contributed by atoms with Gasteiger partial charge in [-0.1, -0.05) is 39.3 Å². The maximum Gasteiger partial charge on any atom is 0.279 e. The molecule has 1 N–H and O–H groups in total. The number of carbonyl (C=O) groups is 1. The first kappa shape index (κ1) is 22.8. The Balaban J connectivity index is 1.45. The Morgan fingerprint density at radius 1 is 1.06 bits per heavy atom. The highest BCUT2D eigenvalue weighted by Gasteiger charge is 2.21. The largest absolute Gasteiger partial charge is 0.489 e. The van der Waals surface area contributed by atoms with Crippen LogP contribution in [0.4, 0.5) is 5.82 Å². The SMILES string of the molecule is Cc1ccc(OCc2c(C(=O)Nc3cc(C)n(Cc4ccc(Br)cc4)n3)noc2C)cc1C. The van der Waals surface area contributed by atoms with E-state index in [9.17, 15) is 4.79 Å². The van der Waals surface area contributed by atoms with E-state index in [1.807, 2.05) is 74.0 Å². The second kappa shape index (κ2) is 9.62. The van der Waals surface area contributed by atoms with Crippen LogP contribution in [0.2, 0.25) is 0 Å². The molecule has 0 aliphatic rings. The summed E-state index contributed by atoms with van der Waals surface area (Å²) >= 11 is 3.44. The van der Waals surface area contributed by atoms with E-state index in [1.165, 1.54) is 5.56 Å². The molecular formula is C25H25BrN4O3. The first-order chi connectivity index (χ1) is 15.8. The highest BCUT2D eigenvalue weighted by Crippen LogP contribution is 2.21. The lowest BCUT2D eigenvalue weighted by molar-refractivity contribution is 0.101. The molecule has 4 rings (SSSR count). The molecule has 0 aliphatic heterocycles. The lowest BCUT2D eigenvalue weighted by atomic mass is 10.1. The van der Waals surface area contributed by atoms with Gasteiger partial charge in [0.25, 0.3) is 5.91 Å². The summed E-state index contributed by atoms with van der Waals surface area (Å²) in [5, 5.41) is 11.3. The van der Waals surface area contributed by atoms with Crippen molar-refractivity contribution < 1.29 is 14.1 Å². The monoisotopic (exact) mass is 508 g/mol. The van der Waals surface area contributed by atoms with Crippen molar-refractivity contribution in [1.82, 2.24) is 14.9 Å². The first-order valence-corrected chi connectivity index (χ1v) is 11.3. The molecule has 0 spiro atoms. The van der Waals surface area contributed by atoms with Crippen molar-refractivity contribution in [2.75, 3.05) is 5.32 Å². The number of rotatable bonds is 7. The van der Waals surface area contributed by atoms with Crippen molar-refractivity contribution in [2.24, 2.45) is 0 Å². The zero-order valence-electron chi connectivity index (χ0n) is 19.0. The van der Waals surface area contributed by atoms with Crippen molar-refractivity contribution in [2.45, 2.75) is 40.8 Å². The standard InChI is InChI=1S/C25H25BrN4O3/c1-15-5-10-21(11-16(15)2)32-14-22-18(4)33-29-24(22)25(31)27-23-12-17(3)30(28-23)13-19-6-8-20(26)9-7-19/h5-12H,13-14H2,1-4H3,(H,27,28,31). The molecule has 0 aliphatic carbocycles. The van der Waals surface area contributed by atoms with E-state index in [4.69, 9.17) is 9.26 Å². The van der Waals surface area contributed by atoms with Gasteiger partial charge in [-0.2, -0.15) is 5.10 Å². The molecule has 7 nitrogen and oxygen atoms in total. The van der Waals surface area contributed by atoms with Crippen LogP contribution in [0, 0.1) is 27.7 Å². The number of nitrogens with one attached hydrogen (secondary N) is 1. The molecule has 0 fully saturated rings. The van der Waals surface area contributed by atoms with Gasteiger partial charge in [-0.25, -0.2) is 0 Å². The minimum atomic E-state index is -0.390. The van der Waals surface area contributed by atoms with Crippen molar-refractivity contribution in [3.8, 4) is 5.75 Å². The Morgan fingerprint density at radius 3 is 2.55 bits per heavy atom. The zero-order valence-corrected chi connectivity index (χ0v) is 20.6. The summed E-state index contributed by atoms with van der Waals surface area (Å²) in [6, 6.07) is 15.8. The highest BCUT2D eigenvalue weighted by molar-refractivity contribution is 9.10. The van der Waals surface area contributed by atoms with Gasteiger partial charge < -0.3 is 14.6 Å². The third-order valence-electron chi connectivity index (χ3n) is 5.53. The molecule has 0 saturated carbocycles. The van der Waals surface area contributed by atoms with Gasteiger partial charge in [0.05, 0.1) is 12.1 Å². The number of hydrogen-bond donors (Lipinski definition) is 1. The number of nitrogens with zero attached hydrogens (tertiary/aromatic N) is 3. The van der Waals surface area contributed by atoms with Crippen LogP contribution in [-0.4, -0.2) is 20.8 Å². The predicted octanol–water partition coefficient (Wildman–Crippen LogP) is 5.75. The molecule has 33 heavy (non-hydrogen) atoms. The fourth-order valence-electron chi connectivity index (χ4n) is 3.37. The van der Waals surface area contributed by atoms with E-state index in [0.29, 0.717) is 23.7 Å². The minimum absolute atomic E-state index is 0.178. The third-order valence-corrected chi connectivity index (χ3v) is 6.06. The molecule has 8 heteroatoms. The Kier molecular flexibility index (Phi) is 6.65. The normalized spacial score (nSPS) is 10.9. The Labute approximate surface area is 200 Å². The van der Waals surface area contributed by atoms with Crippen molar-refractivity contribution in [1.29, 1.82) is 0 Å². The number of halogens is 1. The number of aromatic nitrogens is 3. The highest BCUT2D eigenvalue weighted by atomic mass is 79.9. The van der Waals surface area contributed by atoms with Gasteiger partial charge in [-0.05, 0) is 68.7 Å². The van der Waals surface area contributed by atoms with Crippen molar-refractivity contribution in [3.63, 3.8) is 0 Å². The summed E-state index contributed by atoms with van der Waals surface area (Å²) in [6.07, 6.45) is 0. The Hall–Kier alpha value is -3.39. The Morgan fingerprint density at radius 2 is 1.82 bits per heavy atom. The fourth-order valence-corrected chi connectivity index (χ4v) is 3.63. The third kappa shape index (κ3) is 5.34. The molecule has 0 atom stereocenters. The molecule has 0 radical (unpaired) electrons. The number of amides is 1. The van der Waals surface area contributed by atoms with Crippen LogP contribution in [-0.2, 0) is 13.2 Å². The zero-order chi connectivity index (χ0) is 23.5. The molecule has 2 heterocycles. The lowest BCUT2D eigenvalue weighted by Crippen LogP contribution is -2.16. The maximum absolute atomic E-state index is 12.9. The van der Waals surface area contributed by atoms with Crippen LogP contribution in [0.5, 0.6) is 5.75 Å². The average molecular weight is 509 g/mol. The minimum Gasteiger partial charge on any atom is -0.489 e. The van der Waals surface area contributed by atoms with Crippen molar-refractivity contribution >= 4 is 27.7 Å². The van der Waals surface area contributed by atoms with Gasteiger partial charge in [0.2, 0.25) is 0 Å². The summed E-state index contributed by atoms with van der Waals surface area (Å²) in [5.74, 6) is 1.34. The van der Waals surface area contributed by atoms with Gasteiger partial charge in [0.15, 0.2) is 11.5 Å². The van der Waals surface area contributed by atoms with Crippen LogP contribution < -0.4 is 10.1 Å². The van der Waals surface area contributed by atoms with Gasteiger partial charge in [-0.15, -0.1) is 0 Å². The number of ether oxygens (including phenoxy) is 1. The second-order valence-electron chi connectivity index (χ2n) is 8.01. The van der Waals surface area contributed by atoms with E-state index >= 15 is 0 Å². The number of aryl methyl sites for hydroxylation is 4. The predicted molar refractivity (Wildman–Crippen MR) is 130 cm³/mol.